The molecule has 0 radical (unpaired) electrons. The van der Waals surface area contributed by atoms with Gasteiger partial charge in [-0.1, -0.05) is 29.0 Å². The number of thiazole rings is 1. The highest BCUT2D eigenvalue weighted by molar-refractivity contribution is 7.15. The van der Waals surface area contributed by atoms with Crippen molar-refractivity contribution in [1.29, 1.82) is 0 Å². The molecule has 0 aliphatic carbocycles. The van der Waals surface area contributed by atoms with E-state index in [4.69, 9.17) is 0 Å². The van der Waals surface area contributed by atoms with Crippen LogP contribution in [0.3, 0.4) is 0 Å². The summed E-state index contributed by atoms with van der Waals surface area (Å²) in [4.78, 5) is 20.9. The maximum absolute atomic E-state index is 4.47. The number of benzene rings is 1. The molecule has 0 aliphatic heterocycles. The second kappa shape index (κ2) is 9.82. The third kappa shape index (κ3) is 6.11. The monoisotopic (exact) mass is 426 g/mol. The maximum Gasteiger partial charge on any atom is 0.234 e. The molecule has 160 valence electrons. The second-order valence-electron chi connectivity index (χ2n) is 7.64. The van der Waals surface area contributed by atoms with E-state index in [0.717, 1.165) is 29.6 Å². The molecule has 3 N–H and O–H groups in total. The molecule has 1 aromatic carbocycles. The normalized spacial score (nSPS) is 11.0. The average Bonchev–Trinajstić information content (AvgIpc) is 3.07. The van der Waals surface area contributed by atoms with Gasteiger partial charge in [0.15, 0.2) is 5.13 Å². The Morgan fingerprint density at radius 1 is 0.933 bits per heavy atom. The van der Waals surface area contributed by atoms with Crippen molar-refractivity contribution < 1.29 is 0 Å². The average molecular weight is 427 g/mol. The van der Waals surface area contributed by atoms with Crippen LogP contribution in [0.15, 0.2) is 18.3 Å². The fourth-order valence-corrected chi connectivity index (χ4v) is 3.93. The van der Waals surface area contributed by atoms with Crippen LogP contribution in [0.1, 0.15) is 27.4 Å². The van der Waals surface area contributed by atoms with Gasteiger partial charge in [-0.05, 0) is 52.9 Å². The van der Waals surface area contributed by atoms with Crippen LogP contribution in [-0.2, 0) is 6.54 Å². The van der Waals surface area contributed by atoms with Gasteiger partial charge in [-0.25, -0.2) is 4.98 Å². The molecular formula is C21H30N8S. The Morgan fingerprint density at radius 3 is 2.33 bits per heavy atom. The number of aryl methyl sites for hydroxylation is 4. The lowest BCUT2D eigenvalue weighted by molar-refractivity contribution is 0.425. The van der Waals surface area contributed by atoms with Crippen molar-refractivity contribution >= 4 is 34.1 Å². The summed E-state index contributed by atoms with van der Waals surface area (Å²) in [5.41, 5.74) is 4.98. The lowest BCUT2D eigenvalue weighted by atomic mass is 10.1. The van der Waals surface area contributed by atoms with Gasteiger partial charge in [0.25, 0.3) is 0 Å². The lowest BCUT2D eigenvalue weighted by Crippen LogP contribution is -2.22. The van der Waals surface area contributed by atoms with E-state index >= 15 is 0 Å². The van der Waals surface area contributed by atoms with Crippen molar-refractivity contribution in [2.75, 3.05) is 43.1 Å². The summed E-state index contributed by atoms with van der Waals surface area (Å²) in [6, 6.07) is 4.39. The molecule has 0 saturated carbocycles. The first-order valence-electron chi connectivity index (χ1n) is 9.95. The summed E-state index contributed by atoms with van der Waals surface area (Å²) in [5.74, 6) is 1.72. The molecular weight excluding hydrogens is 396 g/mol. The molecule has 0 fully saturated rings. The predicted octanol–water partition coefficient (Wildman–Crippen LogP) is 3.89. The molecule has 3 aromatic rings. The highest BCUT2D eigenvalue weighted by Crippen LogP contribution is 2.25. The summed E-state index contributed by atoms with van der Waals surface area (Å²) in [7, 11) is 4.06. The van der Waals surface area contributed by atoms with Crippen LogP contribution in [0.4, 0.5) is 22.7 Å². The van der Waals surface area contributed by atoms with Gasteiger partial charge in [-0.15, -0.1) is 0 Å². The topological polar surface area (TPSA) is 90.9 Å². The Labute approximate surface area is 182 Å². The SMILES string of the molecule is Cc1cc(C)c(NCc2cnc(Nc3nc(C)nc(NCCN(C)C)n3)s2)c(C)c1. The molecule has 8 nitrogen and oxygen atoms in total. The van der Waals surface area contributed by atoms with Crippen LogP contribution in [0.2, 0.25) is 0 Å². The van der Waals surface area contributed by atoms with Gasteiger partial charge in [0.05, 0.1) is 6.54 Å². The lowest BCUT2D eigenvalue weighted by Gasteiger charge is -2.13. The molecule has 0 unspecified atom stereocenters. The number of nitrogens with one attached hydrogen (secondary N) is 3. The van der Waals surface area contributed by atoms with E-state index in [9.17, 15) is 0 Å². The smallest absolute Gasteiger partial charge is 0.234 e. The van der Waals surface area contributed by atoms with Crippen molar-refractivity contribution in [3.8, 4) is 0 Å². The molecule has 0 atom stereocenters. The van der Waals surface area contributed by atoms with Crippen molar-refractivity contribution in [3.05, 3.63) is 45.7 Å². The molecule has 0 amide bonds. The van der Waals surface area contributed by atoms with E-state index in [0.29, 0.717) is 17.7 Å². The first-order chi connectivity index (χ1) is 14.3. The van der Waals surface area contributed by atoms with Crippen LogP contribution in [-0.4, -0.2) is 52.0 Å². The number of likely N-dealkylation sites (N-methyl/N-ethyl adjacent to an activating group) is 1. The van der Waals surface area contributed by atoms with Gasteiger partial charge in [0, 0.05) is 29.9 Å². The van der Waals surface area contributed by atoms with E-state index in [1.165, 1.54) is 22.4 Å². The largest absolute Gasteiger partial charge is 0.380 e. The summed E-state index contributed by atoms with van der Waals surface area (Å²) >= 11 is 1.58. The number of rotatable bonds is 9. The molecule has 2 heterocycles. The minimum absolute atomic E-state index is 0.494. The Bertz CT molecular complexity index is 975. The third-order valence-corrected chi connectivity index (χ3v) is 5.39. The minimum atomic E-state index is 0.494. The van der Waals surface area contributed by atoms with E-state index < -0.39 is 0 Å². The predicted molar refractivity (Wildman–Crippen MR) is 125 cm³/mol. The van der Waals surface area contributed by atoms with E-state index in [1.807, 2.05) is 27.2 Å². The third-order valence-electron chi connectivity index (χ3n) is 4.48. The fourth-order valence-electron chi connectivity index (χ4n) is 3.19. The quantitative estimate of drug-likeness (QED) is 0.475. The van der Waals surface area contributed by atoms with Crippen LogP contribution in [0, 0.1) is 27.7 Å². The van der Waals surface area contributed by atoms with Crippen LogP contribution >= 0.6 is 11.3 Å². The summed E-state index contributed by atoms with van der Waals surface area (Å²) in [6.45, 7) is 10.6. The summed E-state index contributed by atoms with van der Waals surface area (Å²) in [6.07, 6.45) is 1.88. The summed E-state index contributed by atoms with van der Waals surface area (Å²) < 4.78 is 0. The Kier molecular flexibility index (Phi) is 7.17. The molecule has 2 aromatic heterocycles. The standard InChI is InChI=1S/C21H30N8S/c1-13-9-14(2)18(15(3)10-13)23-11-17-12-24-21(30-17)28-20-26-16(4)25-19(27-20)22-7-8-29(5)6/h9-10,12,23H,7-8,11H2,1-6H3,(H2,22,24,25,26,27,28). The highest BCUT2D eigenvalue weighted by atomic mass is 32.1. The maximum atomic E-state index is 4.47. The number of anilines is 4. The van der Waals surface area contributed by atoms with Gasteiger partial charge in [-0.3, -0.25) is 5.32 Å². The zero-order valence-corrected chi connectivity index (χ0v) is 19.3. The minimum Gasteiger partial charge on any atom is -0.380 e. The Morgan fingerprint density at radius 2 is 1.63 bits per heavy atom. The Balaban J connectivity index is 1.62. The van der Waals surface area contributed by atoms with Gasteiger partial charge in [0.1, 0.15) is 5.82 Å². The molecule has 0 bridgehead atoms. The zero-order chi connectivity index (χ0) is 21.7. The molecule has 0 saturated heterocycles. The second-order valence-corrected chi connectivity index (χ2v) is 8.76. The Hall–Kier alpha value is -2.78. The van der Waals surface area contributed by atoms with E-state index in [2.05, 4.69) is 73.7 Å². The van der Waals surface area contributed by atoms with E-state index in [1.54, 1.807) is 11.3 Å². The van der Waals surface area contributed by atoms with Crippen LogP contribution < -0.4 is 16.0 Å². The van der Waals surface area contributed by atoms with Gasteiger partial charge < -0.3 is 15.5 Å². The van der Waals surface area contributed by atoms with Crippen molar-refractivity contribution in [2.24, 2.45) is 0 Å². The number of hydrogen-bond donors (Lipinski definition) is 3. The molecule has 9 heteroatoms. The fraction of sp³-hybridized carbons (Fsp3) is 0.429. The molecule has 30 heavy (non-hydrogen) atoms. The first-order valence-corrected chi connectivity index (χ1v) is 10.8. The molecule has 3 rings (SSSR count). The van der Waals surface area contributed by atoms with Gasteiger partial charge >= 0.3 is 0 Å². The zero-order valence-electron chi connectivity index (χ0n) is 18.5. The van der Waals surface area contributed by atoms with Crippen molar-refractivity contribution in [2.45, 2.75) is 34.2 Å². The van der Waals surface area contributed by atoms with Crippen LogP contribution in [0.25, 0.3) is 0 Å². The first kappa shape index (κ1) is 21.9. The number of hydrogen-bond acceptors (Lipinski definition) is 9. The van der Waals surface area contributed by atoms with Gasteiger partial charge in [0.2, 0.25) is 11.9 Å². The number of nitrogens with zero attached hydrogens (tertiary/aromatic N) is 5. The van der Waals surface area contributed by atoms with Crippen molar-refractivity contribution in [3.63, 3.8) is 0 Å². The van der Waals surface area contributed by atoms with E-state index in [-0.39, 0.29) is 0 Å². The number of aromatic nitrogens is 4. The van der Waals surface area contributed by atoms with Crippen LogP contribution in [0.5, 0.6) is 0 Å². The summed E-state index contributed by atoms with van der Waals surface area (Å²) in [5, 5.41) is 10.7. The highest BCUT2D eigenvalue weighted by Gasteiger charge is 2.09. The van der Waals surface area contributed by atoms with Crippen molar-refractivity contribution in [1.82, 2.24) is 24.8 Å². The molecule has 0 spiro atoms. The van der Waals surface area contributed by atoms with Gasteiger partial charge in [-0.2, -0.15) is 15.0 Å². The molecule has 0 aliphatic rings.